The molecule has 1 fully saturated rings. The third-order valence-electron chi connectivity index (χ3n) is 5.11. The smallest absolute Gasteiger partial charge is 0.332 e. The zero-order valence-electron chi connectivity index (χ0n) is 16.4. The van der Waals surface area contributed by atoms with Gasteiger partial charge in [0.2, 0.25) is 0 Å². The third kappa shape index (κ3) is 4.84. The van der Waals surface area contributed by atoms with Crippen LogP contribution in [0.25, 0.3) is 0 Å². The van der Waals surface area contributed by atoms with E-state index in [1.54, 1.807) is 17.7 Å². The molecule has 0 bridgehead atoms. The van der Waals surface area contributed by atoms with E-state index in [9.17, 15) is 9.59 Å². The van der Waals surface area contributed by atoms with Crippen molar-refractivity contribution in [3.63, 3.8) is 0 Å². The van der Waals surface area contributed by atoms with Gasteiger partial charge in [-0.2, -0.15) is 0 Å². The summed E-state index contributed by atoms with van der Waals surface area (Å²) in [4.78, 5) is 30.0. The molecule has 0 radical (unpaired) electrons. The number of rotatable bonds is 6. The second-order valence-corrected chi connectivity index (χ2v) is 8.25. The predicted molar refractivity (Wildman–Crippen MR) is 112 cm³/mol. The van der Waals surface area contributed by atoms with Crippen LogP contribution in [0, 0.1) is 6.92 Å². The minimum absolute atomic E-state index is 0.247. The Bertz CT molecular complexity index is 880. The highest BCUT2D eigenvalue weighted by Crippen LogP contribution is 2.19. The van der Waals surface area contributed by atoms with Gasteiger partial charge in [0.1, 0.15) is 5.82 Å². The predicted octanol–water partition coefficient (Wildman–Crippen LogP) is 1.70. The van der Waals surface area contributed by atoms with Gasteiger partial charge < -0.3 is 4.90 Å². The summed E-state index contributed by atoms with van der Waals surface area (Å²) in [5.41, 5.74) is 0.780. The van der Waals surface area contributed by atoms with Gasteiger partial charge in [-0.1, -0.05) is 17.7 Å². The summed E-state index contributed by atoms with van der Waals surface area (Å²) in [6.45, 7) is 6.79. The molecule has 2 aromatic rings. The molecule has 2 heterocycles. The molecule has 0 aliphatic carbocycles. The summed E-state index contributed by atoms with van der Waals surface area (Å²) < 4.78 is 2.71. The highest BCUT2D eigenvalue weighted by atomic mass is 32.2. The molecule has 146 valence electrons. The van der Waals surface area contributed by atoms with Crippen LogP contribution in [0.4, 0.5) is 5.82 Å². The third-order valence-corrected chi connectivity index (χ3v) is 6.20. The molecular formula is C20H28N4O2S. The Balaban J connectivity index is 1.46. The molecule has 1 aliphatic heterocycles. The lowest BCUT2D eigenvalue weighted by molar-refractivity contribution is 0.258. The van der Waals surface area contributed by atoms with E-state index in [1.165, 1.54) is 17.5 Å². The second kappa shape index (κ2) is 8.80. The summed E-state index contributed by atoms with van der Waals surface area (Å²) in [5.74, 6) is 1.84. The van der Waals surface area contributed by atoms with E-state index < -0.39 is 0 Å². The van der Waals surface area contributed by atoms with Crippen molar-refractivity contribution < 1.29 is 0 Å². The van der Waals surface area contributed by atoms with Crippen LogP contribution in [0.15, 0.2) is 44.8 Å². The van der Waals surface area contributed by atoms with Crippen LogP contribution < -0.4 is 16.1 Å². The van der Waals surface area contributed by atoms with E-state index in [-0.39, 0.29) is 11.2 Å². The van der Waals surface area contributed by atoms with Gasteiger partial charge in [-0.05, 0) is 37.8 Å². The Labute approximate surface area is 164 Å². The number of hydrogen-bond donors (Lipinski definition) is 0. The lowest BCUT2D eigenvalue weighted by Crippen LogP contribution is -2.49. The molecule has 27 heavy (non-hydrogen) atoms. The molecule has 1 aromatic heterocycles. The van der Waals surface area contributed by atoms with E-state index in [0.717, 1.165) is 55.3 Å². The average Bonchev–Trinajstić information content (AvgIpc) is 2.68. The Morgan fingerprint density at radius 3 is 2.30 bits per heavy atom. The Kier molecular flexibility index (Phi) is 6.44. The van der Waals surface area contributed by atoms with E-state index in [4.69, 9.17) is 0 Å². The monoisotopic (exact) mass is 388 g/mol. The molecule has 0 N–H and O–H groups in total. The Hall–Kier alpha value is -1.99. The van der Waals surface area contributed by atoms with Gasteiger partial charge in [0.05, 0.1) is 0 Å². The van der Waals surface area contributed by atoms with Crippen molar-refractivity contribution in [2.24, 2.45) is 14.1 Å². The van der Waals surface area contributed by atoms with Gasteiger partial charge in [-0.15, -0.1) is 11.8 Å². The van der Waals surface area contributed by atoms with E-state index in [1.807, 2.05) is 11.8 Å². The fourth-order valence-corrected chi connectivity index (χ4v) is 4.18. The molecule has 7 heteroatoms. The van der Waals surface area contributed by atoms with E-state index in [2.05, 4.69) is 41.0 Å². The molecule has 6 nitrogen and oxygen atoms in total. The quantitative estimate of drug-likeness (QED) is 0.557. The lowest BCUT2D eigenvalue weighted by Gasteiger charge is -2.36. The number of hydrogen-bond acceptors (Lipinski definition) is 5. The average molecular weight is 389 g/mol. The second-order valence-electron chi connectivity index (χ2n) is 7.09. The summed E-state index contributed by atoms with van der Waals surface area (Å²) >= 11 is 1.91. The first-order valence-corrected chi connectivity index (χ1v) is 10.4. The normalized spacial score (nSPS) is 15.3. The lowest BCUT2D eigenvalue weighted by atomic mass is 10.2. The summed E-state index contributed by atoms with van der Waals surface area (Å²) in [7, 11) is 3.24. The number of piperazine rings is 1. The molecule has 1 aliphatic rings. The Morgan fingerprint density at radius 2 is 1.63 bits per heavy atom. The first kappa shape index (κ1) is 19.8. The van der Waals surface area contributed by atoms with Gasteiger partial charge in [-0.25, -0.2) is 4.79 Å². The number of nitrogens with zero attached hydrogens (tertiary/aromatic N) is 4. The minimum Gasteiger partial charge on any atom is -0.355 e. The van der Waals surface area contributed by atoms with Crippen LogP contribution in [-0.4, -0.2) is 52.5 Å². The van der Waals surface area contributed by atoms with Crippen molar-refractivity contribution in [2.45, 2.75) is 18.2 Å². The van der Waals surface area contributed by atoms with Gasteiger partial charge >= 0.3 is 5.69 Å². The van der Waals surface area contributed by atoms with Crippen molar-refractivity contribution >= 4 is 17.6 Å². The maximum absolute atomic E-state index is 12.1. The highest BCUT2D eigenvalue weighted by Gasteiger charge is 2.19. The van der Waals surface area contributed by atoms with Crippen LogP contribution in [0.3, 0.4) is 0 Å². The van der Waals surface area contributed by atoms with E-state index in [0.29, 0.717) is 0 Å². The molecular weight excluding hydrogens is 360 g/mol. The van der Waals surface area contributed by atoms with Gasteiger partial charge in [-0.3, -0.25) is 18.8 Å². The van der Waals surface area contributed by atoms with Crippen molar-refractivity contribution in [2.75, 3.05) is 43.4 Å². The number of anilines is 1. The van der Waals surface area contributed by atoms with E-state index >= 15 is 0 Å². The fourth-order valence-electron chi connectivity index (χ4n) is 3.34. The highest BCUT2D eigenvalue weighted by molar-refractivity contribution is 7.99. The molecule has 1 aromatic carbocycles. The number of aromatic nitrogens is 2. The van der Waals surface area contributed by atoms with Crippen molar-refractivity contribution in [3.05, 3.63) is 56.7 Å². The topological polar surface area (TPSA) is 50.5 Å². The minimum atomic E-state index is -0.270. The first-order valence-electron chi connectivity index (χ1n) is 9.39. The fraction of sp³-hybridized carbons (Fsp3) is 0.500. The molecule has 0 saturated carbocycles. The van der Waals surface area contributed by atoms with Crippen LogP contribution in [0.2, 0.25) is 0 Å². The molecule has 3 rings (SSSR count). The maximum Gasteiger partial charge on any atom is 0.332 e. The van der Waals surface area contributed by atoms with Gasteiger partial charge in [0.25, 0.3) is 5.56 Å². The van der Waals surface area contributed by atoms with Crippen molar-refractivity contribution in [1.29, 1.82) is 0 Å². The maximum atomic E-state index is 12.1. The zero-order valence-corrected chi connectivity index (χ0v) is 17.2. The SMILES string of the molecule is Cc1ccc(SCCCN2CCN(c3cc(=O)n(C)c(=O)n3C)CC2)cc1. The molecule has 0 atom stereocenters. The van der Waals surface area contributed by atoms with Crippen LogP contribution in [0.5, 0.6) is 0 Å². The standard InChI is InChI=1S/C20H28N4O2S/c1-16-5-7-17(8-6-16)27-14-4-9-23-10-12-24(13-11-23)18-15-19(25)22(3)20(26)21(18)2/h5-8,15H,4,9-14H2,1-3H3. The molecule has 1 saturated heterocycles. The summed E-state index contributed by atoms with van der Waals surface area (Å²) in [5, 5.41) is 0. The number of thioether (sulfide) groups is 1. The molecule has 0 spiro atoms. The van der Waals surface area contributed by atoms with Crippen LogP contribution >= 0.6 is 11.8 Å². The van der Waals surface area contributed by atoms with Crippen LogP contribution in [0.1, 0.15) is 12.0 Å². The zero-order chi connectivity index (χ0) is 19.4. The van der Waals surface area contributed by atoms with Gasteiger partial charge in [0, 0.05) is 51.2 Å². The molecule has 0 unspecified atom stereocenters. The number of benzene rings is 1. The van der Waals surface area contributed by atoms with Gasteiger partial charge in [0.15, 0.2) is 0 Å². The summed E-state index contributed by atoms with van der Waals surface area (Å²) in [6.07, 6.45) is 1.16. The van der Waals surface area contributed by atoms with Crippen molar-refractivity contribution in [1.82, 2.24) is 14.0 Å². The molecule has 0 amide bonds. The Morgan fingerprint density at radius 1 is 0.963 bits per heavy atom. The van der Waals surface area contributed by atoms with Crippen molar-refractivity contribution in [3.8, 4) is 0 Å². The van der Waals surface area contributed by atoms with Crippen LogP contribution in [-0.2, 0) is 14.1 Å². The number of aryl methyl sites for hydroxylation is 1. The first-order chi connectivity index (χ1) is 13.0. The summed E-state index contributed by atoms with van der Waals surface area (Å²) in [6, 6.07) is 10.3. The largest absolute Gasteiger partial charge is 0.355 e.